The van der Waals surface area contributed by atoms with Crippen molar-refractivity contribution in [2.75, 3.05) is 13.1 Å². The Bertz CT molecular complexity index is 639. The van der Waals surface area contributed by atoms with E-state index in [-0.39, 0.29) is 6.54 Å². The zero-order valence-corrected chi connectivity index (χ0v) is 12.1. The maximum atomic E-state index is 10.8. The predicted octanol–water partition coefficient (Wildman–Crippen LogP) is 3.07. The third kappa shape index (κ3) is 4.44. The van der Waals surface area contributed by atoms with Gasteiger partial charge in [0, 0.05) is 17.1 Å². The Morgan fingerprint density at radius 1 is 1.52 bits per heavy atom. The quantitative estimate of drug-likeness (QED) is 0.796. The molecule has 0 saturated carbocycles. The molecule has 1 aromatic carbocycles. The van der Waals surface area contributed by atoms with Crippen LogP contribution in [-0.2, 0) is 11.3 Å². The van der Waals surface area contributed by atoms with E-state index in [1.807, 2.05) is 12.1 Å². The topological polar surface area (TPSA) is 66.6 Å². The summed E-state index contributed by atoms with van der Waals surface area (Å²) in [6.07, 6.45) is 3.25. The minimum absolute atomic E-state index is 0.0963. The molecule has 1 N–H and O–H groups in total. The van der Waals surface area contributed by atoms with Crippen LogP contribution in [0, 0.1) is 0 Å². The van der Waals surface area contributed by atoms with E-state index in [0.717, 1.165) is 5.56 Å². The summed E-state index contributed by atoms with van der Waals surface area (Å²) in [4.78, 5) is 16.6. The van der Waals surface area contributed by atoms with Crippen LogP contribution in [-0.4, -0.2) is 34.0 Å². The van der Waals surface area contributed by atoms with Gasteiger partial charge in [0.2, 0.25) is 5.89 Å². The van der Waals surface area contributed by atoms with Crippen LogP contribution in [0.1, 0.15) is 5.89 Å². The molecule has 0 saturated heterocycles. The fourth-order valence-electron chi connectivity index (χ4n) is 1.91. The van der Waals surface area contributed by atoms with E-state index in [4.69, 9.17) is 21.1 Å². The average molecular weight is 307 g/mol. The molecule has 6 heteroatoms. The molecule has 1 heterocycles. The van der Waals surface area contributed by atoms with E-state index in [1.165, 1.54) is 0 Å². The van der Waals surface area contributed by atoms with Crippen molar-refractivity contribution in [2.45, 2.75) is 6.54 Å². The number of rotatable bonds is 7. The summed E-state index contributed by atoms with van der Waals surface area (Å²) in [5.74, 6) is 0.146. The molecule has 0 radical (unpaired) electrons. The summed E-state index contributed by atoms with van der Waals surface area (Å²) in [5.41, 5.74) is 0.828. The molecule has 0 fully saturated rings. The van der Waals surface area contributed by atoms with Gasteiger partial charge < -0.3 is 9.52 Å². The predicted molar refractivity (Wildman–Crippen MR) is 80.1 cm³/mol. The van der Waals surface area contributed by atoms with Gasteiger partial charge in [-0.15, -0.1) is 6.58 Å². The number of aromatic nitrogens is 1. The second-order valence-electron chi connectivity index (χ2n) is 4.48. The molecule has 1 aromatic heterocycles. The highest BCUT2D eigenvalue weighted by molar-refractivity contribution is 6.30. The second kappa shape index (κ2) is 7.06. The van der Waals surface area contributed by atoms with Gasteiger partial charge >= 0.3 is 5.97 Å². The van der Waals surface area contributed by atoms with Crippen molar-refractivity contribution in [3.05, 3.63) is 54.0 Å². The van der Waals surface area contributed by atoms with Gasteiger partial charge in [-0.2, -0.15) is 0 Å². The first-order valence-electron chi connectivity index (χ1n) is 6.34. The van der Waals surface area contributed by atoms with E-state index in [2.05, 4.69) is 11.6 Å². The lowest BCUT2D eigenvalue weighted by Gasteiger charge is -2.15. The highest BCUT2D eigenvalue weighted by Crippen LogP contribution is 2.23. The van der Waals surface area contributed by atoms with Crippen molar-refractivity contribution in [3.8, 4) is 11.3 Å². The Balaban J connectivity index is 2.11. The summed E-state index contributed by atoms with van der Waals surface area (Å²) in [6.45, 7) is 4.27. The average Bonchev–Trinajstić information content (AvgIpc) is 2.87. The van der Waals surface area contributed by atoms with Crippen molar-refractivity contribution >= 4 is 17.6 Å². The normalized spacial score (nSPS) is 10.8. The minimum Gasteiger partial charge on any atom is -0.480 e. The number of hydrogen-bond acceptors (Lipinski definition) is 4. The highest BCUT2D eigenvalue weighted by Gasteiger charge is 2.13. The molecule has 0 spiro atoms. The van der Waals surface area contributed by atoms with Crippen molar-refractivity contribution in [3.63, 3.8) is 0 Å². The number of carboxylic acids is 1. The summed E-state index contributed by atoms with van der Waals surface area (Å²) in [6, 6.07) is 7.26. The Morgan fingerprint density at radius 2 is 2.33 bits per heavy atom. The Hall–Kier alpha value is -2.11. The molecule has 110 valence electrons. The molecule has 21 heavy (non-hydrogen) atoms. The number of aliphatic carboxylic acids is 1. The molecule has 0 aliphatic carbocycles. The van der Waals surface area contributed by atoms with E-state index in [0.29, 0.717) is 29.8 Å². The smallest absolute Gasteiger partial charge is 0.317 e. The lowest BCUT2D eigenvalue weighted by Crippen LogP contribution is -2.29. The first kappa shape index (κ1) is 15.3. The van der Waals surface area contributed by atoms with Crippen LogP contribution in [0.15, 0.2) is 47.5 Å². The van der Waals surface area contributed by atoms with Crippen LogP contribution in [0.5, 0.6) is 0 Å². The second-order valence-corrected chi connectivity index (χ2v) is 4.92. The Kier molecular flexibility index (Phi) is 5.14. The highest BCUT2D eigenvalue weighted by atomic mass is 35.5. The number of carboxylic acid groups (broad SMARTS) is 1. The maximum absolute atomic E-state index is 10.8. The van der Waals surface area contributed by atoms with E-state index in [9.17, 15) is 4.79 Å². The number of nitrogens with zero attached hydrogens (tertiary/aromatic N) is 2. The summed E-state index contributed by atoms with van der Waals surface area (Å²) >= 11 is 5.94. The molecule has 0 atom stereocenters. The zero-order chi connectivity index (χ0) is 15.2. The Morgan fingerprint density at radius 3 is 3.00 bits per heavy atom. The molecule has 0 unspecified atom stereocenters. The standard InChI is InChI=1S/C15H15ClN2O3/c1-2-6-18(10-15(19)20)9-14-17-8-13(21-14)11-4-3-5-12(16)7-11/h2-5,7-8H,1,6,9-10H2,(H,19,20). The molecular weight excluding hydrogens is 292 g/mol. The zero-order valence-electron chi connectivity index (χ0n) is 11.3. The van der Waals surface area contributed by atoms with Gasteiger partial charge in [-0.25, -0.2) is 4.98 Å². The molecule has 2 rings (SSSR count). The van der Waals surface area contributed by atoms with Gasteiger partial charge in [0.25, 0.3) is 0 Å². The molecule has 0 bridgehead atoms. The summed E-state index contributed by atoms with van der Waals surface area (Å²) < 4.78 is 5.64. The largest absolute Gasteiger partial charge is 0.480 e. The molecular formula is C15H15ClN2O3. The number of oxazole rings is 1. The van der Waals surface area contributed by atoms with E-state index >= 15 is 0 Å². The lowest BCUT2D eigenvalue weighted by atomic mass is 10.2. The fourth-order valence-corrected chi connectivity index (χ4v) is 2.10. The third-order valence-corrected chi connectivity index (χ3v) is 3.00. The van der Waals surface area contributed by atoms with Gasteiger partial charge in [0.1, 0.15) is 0 Å². The van der Waals surface area contributed by atoms with Crippen molar-refractivity contribution in [1.82, 2.24) is 9.88 Å². The summed E-state index contributed by atoms with van der Waals surface area (Å²) in [7, 11) is 0. The molecule has 5 nitrogen and oxygen atoms in total. The minimum atomic E-state index is -0.904. The van der Waals surface area contributed by atoms with Gasteiger partial charge in [0.15, 0.2) is 5.76 Å². The number of hydrogen-bond donors (Lipinski definition) is 1. The van der Waals surface area contributed by atoms with Gasteiger partial charge in [-0.1, -0.05) is 29.8 Å². The third-order valence-electron chi connectivity index (χ3n) is 2.77. The molecule has 0 amide bonds. The van der Waals surface area contributed by atoms with Crippen molar-refractivity contribution in [1.29, 1.82) is 0 Å². The lowest BCUT2D eigenvalue weighted by molar-refractivity contribution is -0.138. The SMILES string of the molecule is C=CCN(CC(=O)O)Cc1ncc(-c2cccc(Cl)c2)o1. The van der Waals surface area contributed by atoms with Gasteiger partial charge in [-0.3, -0.25) is 9.69 Å². The molecule has 0 aliphatic rings. The molecule has 0 aliphatic heterocycles. The molecule has 2 aromatic rings. The fraction of sp³-hybridized carbons (Fsp3) is 0.200. The monoisotopic (exact) mass is 306 g/mol. The van der Waals surface area contributed by atoms with Gasteiger partial charge in [-0.05, 0) is 12.1 Å². The van der Waals surface area contributed by atoms with Crippen molar-refractivity contribution in [2.24, 2.45) is 0 Å². The van der Waals surface area contributed by atoms with Crippen LogP contribution >= 0.6 is 11.6 Å². The van der Waals surface area contributed by atoms with Crippen LogP contribution in [0.2, 0.25) is 5.02 Å². The first-order chi connectivity index (χ1) is 10.1. The number of carbonyl (C=O) groups is 1. The van der Waals surface area contributed by atoms with Crippen LogP contribution in [0.4, 0.5) is 0 Å². The van der Waals surface area contributed by atoms with Crippen LogP contribution in [0.25, 0.3) is 11.3 Å². The van der Waals surface area contributed by atoms with Crippen molar-refractivity contribution < 1.29 is 14.3 Å². The van der Waals surface area contributed by atoms with Crippen LogP contribution in [0.3, 0.4) is 0 Å². The summed E-state index contributed by atoms with van der Waals surface area (Å²) in [5, 5.41) is 9.48. The number of halogens is 1. The number of benzene rings is 1. The Labute approximate surface area is 127 Å². The van der Waals surface area contributed by atoms with E-state index < -0.39 is 5.97 Å². The van der Waals surface area contributed by atoms with E-state index in [1.54, 1.807) is 29.3 Å². The first-order valence-corrected chi connectivity index (χ1v) is 6.72. The maximum Gasteiger partial charge on any atom is 0.317 e. The van der Waals surface area contributed by atoms with Crippen LogP contribution < -0.4 is 0 Å². The van der Waals surface area contributed by atoms with Gasteiger partial charge in [0.05, 0.1) is 19.3 Å².